The van der Waals surface area contributed by atoms with E-state index in [2.05, 4.69) is 31.2 Å². The molecule has 0 aromatic rings. The quantitative estimate of drug-likeness (QED) is 0.707. The number of rotatable bonds is 2. The summed E-state index contributed by atoms with van der Waals surface area (Å²) in [6.45, 7) is 9.36. The van der Waals surface area contributed by atoms with Crippen LogP contribution in [0.3, 0.4) is 0 Å². The van der Waals surface area contributed by atoms with Gasteiger partial charge in [0.05, 0.1) is 5.71 Å². The second kappa shape index (κ2) is 6.82. The van der Waals surface area contributed by atoms with E-state index < -0.39 is 0 Å². The number of fused-ring (bicyclic) bond motifs is 5. The number of hydrogen-bond acceptors (Lipinski definition) is 4. The van der Waals surface area contributed by atoms with Crippen LogP contribution < -0.4 is 5.32 Å². The van der Waals surface area contributed by atoms with Crippen molar-refractivity contribution in [2.24, 2.45) is 45.6 Å². The summed E-state index contributed by atoms with van der Waals surface area (Å²) in [6, 6.07) is 0. The fourth-order valence-corrected chi connectivity index (χ4v) is 8.25. The minimum absolute atomic E-state index is 0.00543. The minimum atomic E-state index is -0.00543. The fraction of sp³-hybridized carbons (Fsp3) is 0.917. The highest BCUT2D eigenvalue weighted by atomic mass is 16.6. The van der Waals surface area contributed by atoms with E-state index >= 15 is 0 Å². The van der Waals surface area contributed by atoms with Gasteiger partial charge in [-0.15, -0.1) is 0 Å². The second-order valence-corrected chi connectivity index (χ2v) is 11.2. The topological polar surface area (TPSA) is 50.7 Å². The summed E-state index contributed by atoms with van der Waals surface area (Å²) in [5.74, 6) is 4.23. The summed E-state index contributed by atoms with van der Waals surface area (Å²) in [5, 5.41) is 7.99. The smallest absolute Gasteiger partial charge is 0.141 e. The van der Waals surface area contributed by atoms with Crippen LogP contribution >= 0.6 is 0 Å². The predicted octanol–water partition coefficient (Wildman–Crippen LogP) is 4.58. The summed E-state index contributed by atoms with van der Waals surface area (Å²) >= 11 is 0. The Balaban J connectivity index is 1.34. The first-order valence-electron chi connectivity index (χ1n) is 11.9. The zero-order valence-corrected chi connectivity index (χ0v) is 18.0. The van der Waals surface area contributed by atoms with Gasteiger partial charge in [-0.3, -0.25) is 4.79 Å². The molecule has 5 rings (SSSR count). The summed E-state index contributed by atoms with van der Waals surface area (Å²) in [7, 11) is 0. The summed E-state index contributed by atoms with van der Waals surface area (Å²) < 4.78 is 0. The van der Waals surface area contributed by atoms with E-state index in [1.807, 2.05) is 0 Å². The van der Waals surface area contributed by atoms with Crippen molar-refractivity contribution in [2.75, 3.05) is 13.1 Å². The molecule has 4 saturated carbocycles. The lowest BCUT2D eigenvalue weighted by Crippen LogP contribution is -2.56. The lowest BCUT2D eigenvalue weighted by molar-refractivity contribution is -0.141. The Hall–Kier alpha value is -0.900. The third-order valence-corrected chi connectivity index (χ3v) is 9.92. The molecule has 156 valence electrons. The zero-order valence-electron chi connectivity index (χ0n) is 18.0. The summed E-state index contributed by atoms with van der Waals surface area (Å²) in [6.07, 6.45) is 10.5. The first kappa shape index (κ1) is 19.1. The van der Waals surface area contributed by atoms with Crippen molar-refractivity contribution in [1.29, 1.82) is 0 Å². The van der Waals surface area contributed by atoms with Gasteiger partial charge in [-0.05, 0) is 86.5 Å². The van der Waals surface area contributed by atoms with Gasteiger partial charge in [-0.2, -0.15) is 0 Å². The summed E-state index contributed by atoms with van der Waals surface area (Å²) in [4.78, 5) is 18.5. The van der Waals surface area contributed by atoms with Gasteiger partial charge in [0.1, 0.15) is 11.9 Å². The van der Waals surface area contributed by atoms with Crippen molar-refractivity contribution in [2.45, 2.75) is 84.7 Å². The molecule has 4 heteroatoms. The van der Waals surface area contributed by atoms with E-state index in [1.54, 1.807) is 0 Å². The van der Waals surface area contributed by atoms with Crippen molar-refractivity contribution in [3.05, 3.63) is 0 Å². The molecule has 1 N–H and O–H groups in total. The van der Waals surface area contributed by atoms with Crippen LogP contribution in [0.4, 0.5) is 0 Å². The molecule has 3 unspecified atom stereocenters. The lowest BCUT2D eigenvalue weighted by atomic mass is 9.43. The molecule has 5 aliphatic rings. The molecule has 4 aliphatic carbocycles. The molecule has 1 heterocycles. The monoisotopic (exact) mass is 386 g/mol. The van der Waals surface area contributed by atoms with Crippen molar-refractivity contribution < 1.29 is 9.63 Å². The number of oxime groups is 1. The Kier molecular flexibility index (Phi) is 4.65. The van der Waals surface area contributed by atoms with Gasteiger partial charge < -0.3 is 10.2 Å². The van der Waals surface area contributed by atoms with Gasteiger partial charge in [-0.25, -0.2) is 0 Å². The zero-order chi connectivity index (χ0) is 19.5. The molecule has 1 saturated heterocycles. The van der Waals surface area contributed by atoms with Crippen molar-refractivity contribution >= 4 is 11.5 Å². The second-order valence-electron chi connectivity index (χ2n) is 11.2. The molecular weight excluding hydrogens is 348 g/mol. The number of nitrogens with one attached hydrogen (secondary N) is 1. The minimum Gasteiger partial charge on any atom is -0.391 e. The molecule has 0 radical (unpaired) electrons. The molecule has 0 aromatic heterocycles. The van der Waals surface area contributed by atoms with Crippen LogP contribution in [0.1, 0.15) is 78.6 Å². The molecule has 0 spiro atoms. The number of carbonyl (C=O) groups excluding carboxylic acids is 1. The van der Waals surface area contributed by atoms with Gasteiger partial charge in [0.2, 0.25) is 0 Å². The first-order valence-corrected chi connectivity index (χ1v) is 11.9. The largest absolute Gasteiger partial charge is 0.391 e. The maximum Gasteiger partial charge on any atom is 0.141 e. The maximum absolute atomic E-state index is 12.6. The van der Waals surface area contributed by atoms with Gasteiger partial charge in [-0.1, -0.05) is 25.9 Å². The normalized spacial score (nSPS) is 52.2. The predicted molar refractivity (Wildman–Crippen MR) is 111 cm³/mol. The van der Waals surface area contributed by atoms with E-state index in [0.29, 0.717) is 17.1 Å². The van der Waals surface area contributed by atoms with E-state index in [9.17, 15) is 4.79 Å². The third-order valence-electron chi connectivity index (χ3n) is 9.92. The molecule has 0 bridgehead atoms. The van der Waals surface area contributed by atoms with E-state index in [-0.39, 0.29) is 11.5 Å². The van der Waals surface area contributed by atoms with E-state index in [1.165, 1.54) is 25.0 Å². The Bertz CT molecular complexity index is 670. The standard InChI is InChI=1S/C24H38N2O2/c1-15-12-18-19-4-5-22(27)24(19,3)10-7-20(18)23(2)9-6-16(13-21(15)23)26-28-17-8-11-25-14-17/h15,17-21,25H,4-14H2,1-3H3/b26-16-/t15-,17+,18?,19?,20?,21-,23-,24+/m1/s1. The van der Waals surface area contributed by atoms with Crippen LogP contribution in [-0.2, 0) is 9.63 Å². The molecular formula is C24H38N2O2. The number of Topliss-reactive ketones (excluding diaryl/α,β-unsaturated/α-hetero) is 1. The van der Waals surface area contributed by atoms with Crippen LogP contribution in [0, 0.1) is 40.4 Å². The molecule has 8 atom stereocenters. The van der Waals surface area contributed by atoms with Gasteiger partial charge >= 0.3 is 0 Å². The van der Waals surface area contributed by atoms with Crippen LogP contribution in [0.25, 0.3) is 0 Å². The van der Waals surface area contributed by atoms with Crippen LogP contribution in [0.5, 0.6) is 0 Å². The number of hydrogen-bond donors (Lipinski definition) is 1. The van der Waals surface area contributed by atoms with E-state index in [4.69, 9.17) is 4.84 Å². The highest BCUT2D eigenvalue weighted by Gasteiger charge is 2.61. The van der Waals surface area contributed by atoms with Crippen LogP contribution in [-0.4, -0.2) is 30.7 Å². The SMILES string of the molecule is C[C@@H]1CC2C3CCC(=O)[C@@]3(C)CCC2[C@@]2(C)CC/C(=N/O[C@H]3CCNC3)C[C@H]12. The highest BCUT2D eigenvalue weighted by Crippen LogP contribution is 2.66. The Morgan fingerprint density at radius 2 is 1.93 bits per heavy atom. The Morgan fingerprint density at radius 1 is 1.07 bits per heavy atom. The molecule has 4 nitrogen and oxygen atoms in total. The van der Waals surface area contributed by atoms with Crippen molar-refractivity contribution in [3.8, 4) is 0 Å². The van der Waals surface area contributed by atoms with E-state index in [0.717, 1.165) is 75.3 Å². The fourth-order valence-electron chi connectivity index (χ4n) is 8.25. The third kappa shape index (κ3) is 2.80. The summed E-state index contributed by atoms with van der Waals surface area (Å²) in [5.41, 5.74) is 1.72. The first-order chi connectivity index (χ1) is 13.4. The average molecular weight is 387 g/mol. The molecule has 0 aromatic carbocycles. The van der Waals surface area contributed by atoms with Gasteiger partial charge in [0.25, 0.3) is 0 Å². The Labute approximate surface area is 170 Å². The number of carbonyl (C=O) groups is 1. The maximum atomic E-state index is 12.6. The number of ketones is 1. The molecule has 1 aliphatic heterocycles. The average Bonchev–Trinajstić information content (AvgIpc) is 3.29. The lowest BCUT2D eigenvalue weighted by Gasteiger charge is -2.61. The van der Waals surface area contributed by atoms with Gasteiger partial charge in [0, 0.05) is 24.8 Å². The molecule has 0 amide bonds. The van der Waals surface area contributed by atoms with Crippen molar-refractivity contribution in [1.82, 2.24) is 5.32 Å². The van der Waals surface area contributed by atoms with Crippen LogP contribution in [0.15, 0.2) is 5.16 Å². The highest BCUT2D eigenvalue weighted by molar-refractivity contribution is 5.87. The number of nitrogens with zero attached hydrogens (tertiary/aromatic N) is 1. The molecule has 28 heavy (non-hydrogen) atoms. The Morgan fingerprint density at radius 3 is 2.71 bits per heavy atom. The van der Waals surface area contributed by atoms with Crippen molar-refractivity contribution in [3.63, 3.8) is 0 Å². The van der Waals surface area contributed by atoms with Crippen LogP contribution in [0.2, 0.25) is 0 Å². The molecule has 5 fully saturated rings. The van der Waals surface area contributed by atoms with Gasteiger partial charge in [0.15, 0.2) is 0 Å².